The summed E-state index contributed by atoms with van der Waals surface area (Å²) in [7, 11) is -3.78. The Balaban J connectivity index is 1.22. The van der Waals surface area contributed by atoms with Gasteiger partial charge in [-0.2, -0.15) is 0 Å². The van der Waals surface area contributed by atoms with Crippen LogP contribution in [0.5, 0.6) is 0 Å². The molecule has 238 valence electrons. The van der Waals surface area contributed by atoms with E-state index in [4.69, 9.17) is 11.6 Å². The second-order valence-electron chi connectivity index (χ2n) is 14.2. The van der Waals surface area contributed by atoms with Gasteiger partial charge in [0.25, 0.3) is 0 Å². The normalized spacial score (nSPS) is 27.1. The van der Waals surface area contributed by atoms with Crippen LogP contribution in [-0.2, 0) is 31.6 Å². The molecule has 7 nitrogen and oxygen atoms in total. The fourth-order valence-electron chi connectivity index (χ4n) is 9.00. The molecule has 0 aliphatic heterocycles. The van der Waals surface area contributed by atoms with Gasteiger partial charge in [0.1, 0.15) is 12.6 Å². The van der Waals surface area contributed by atoms with Gasteiger partial charge in [-0.1, -0.05) is 55.1 Å². The smallest absolute Gasteiger partial charge is 0.244 e. The van der Waals surface area contributed by atoms with E-state index in [9.17, 15) is 18.0 Å². The van der Waals surface area contributed by atoms with Crippen LogP contribution in [0.4, 0.5) is 5.69 Å². The quantitative estimate of drug-likeness (QED) is 0.324. The number of anilines is 1. The van der Waals surface area contributed by atoms with Crippen molar-refractivity contribution in [2.45, 2.75) is 102 Å². The molecule has 0 spiro atoms. The van der Waals surface area contributed by atoms with Gasteiger partial charge in [0.05, 0.1) is 11.9 Å². The molecule has 44 heavy (non-hydrogen) atoms. The van der Waals surface area contributed by atoms with Crippen molar-refractivity contribution in [3.05, 3.63) is 64.7 Å². The van der Waals surface area contributed by atoms with Gasteiger partial charge in [0.2, 0.25) is 21.8 Å². The second kappa shape index (κ2) is 12.7. The first kappa shape index (κ1) is 31.4. The molecule has 1 N–H and O–H groups in total. The molecule has 2 amide bonds. The Bertz CT molecular complexity index is 1420. The standard InChI is InChI=1S/C35H46ClN3O4S/c1-24(34(41)37-31-6-4-3-5-7-31)38(22-25-8-12-30(36)13-9-25)33(40)23-39(44(2,42)43)32-14-10-29(11-15-32)35-19-26-16-27(20-35)18-28(17-26)21-35/h8-15,24,26-28,31H,3-7,16-23H2,1-2H3,(H,37,41). The van der Waals surface area contributed by atoms with Crippen LogP contribution in [0.1, 0.15) is 88.7 Å². The molecule has 2 aromatic carbocycles. The number of halogens is 1. The van der Waals surface area contributed by atoms with Crippen molar-refractivity contribution in [3.63, 3.8) is 0 Å². The Morgan fingerprint density at radius 1 is 0.909 bits per heavy atom. The highest BCUT2D eigenvalue weighted by atomic mass is 35.5. The summed E-state index contributed by atoms with van der Waals surface area (Å²) in [5, 5.41) is 3.72. The summed E-state index contributed by atoms with van der Waals surface area (Å²) in [5.41, 5.74) is 2.79. The average Bonchev–Trinajstić information content (AvgIpc) is 2.98. The highest BCUT2D eigenvalue weighted by Crippen LogP contribution is 2.60. The van der Waals surface area contributed by atoms with Crippen molar-refractivity contribution in [1.29, 1.82) is 0 Å². The molecule has 0 heterocycles. The zero-order valence-corrected chi connectivity index (χ0v) is 27.6. The van der Waals surface area contributed by atoms with Gasteiger partial charge in [-0.25, -0.2) is 8.42 Å². The molecule has 0 radical (unpaired) electrons. The van der Waals surface area contributed by atoms with E-state index in [1.54, 1.807) is 19.1 Å². The molecule has 2 aromatic rings. The van der Waals surface area contributed by atoms with E-state index in [0.29, 0.717) is 10.7 Å². The number of sulfonamides is 1. The van der Waals surface area contributed by atoms with E-state index in [-0.39, 0.29) is 30.5 Å². The van der Waals surface area contributed by atoms with Crippen molar-refractivity contribution in [2.75, 3.05) is 17.1 Å². The highest BCUT2D eigenvalue weighted by Gasteiger charge is 2.51. The van der Waals surface area contributed by atoms with Gasteiger partial charge in [-0.15, -0.1) is 0 Å². The summed E-state index contributed by atoms with van der Waals surface area (Å²) in [5.74, 6) is 1.80. The van der Waals surface area contributed by atoms with E-state index in [1.165, 1.54) is 59.7 Å². The Hall–Kier alpha value is -2.58. The van der Waals surface area contributed by atoms with Gasteiger partial charge >= 0.3 is 0 Å². The van der Waals surface area contributed by atoms with Crippen LogP contribution in [-0.4, -0.2) is 50.0 Å². The Labute approximate surface area is 267 Å². The van der Waals surface area contributed by atoms with E-state index in [2.05, 4.69) is 17.4 Å². The van der Waals surface area contributed by atoms with Crippen LogP contribution in [0.15, 0.2) is 48.5 Å². The van der Waals surface area contributed by atoms with Crippen molar-refractivity contribution in [2.24, 2.45) is 17.8 Å². The van der Waals surface area contributed by atoms with Gasteiger partial charge in [-0.05, 0) is 117 Å². The summed E-state index contributed by atoms with van der Waals surface area (Å²) in [6, 6.07) is 14.4. The second-order valence-corrected chi connectivity index (χ2v) is 16.5. The third-order valence-corrected chi connectivity index (χ3v) is 12.3. The van der Waals surface area contributed by atoms with Gasteiger partial charge in [-0.3, -0.25) is 13.9 Å². The molecule has 1 atom stereocenters. The summed E-state index contributed by atoms with van der Waals surface area (Å²) in [6.45, 7) is 1.50. The number of rotatable bonds is 10. The molecule has 4 bridgehead atoms. The molecule has 5 aliphatic carbocycles. The number of amides is 2. The maximum Gasteiger partial charge on any atom is 0.244 e. The fraction of sp³-hybridized carbons (Fsp3) is 0.600. The molecular formula is C35H46ClN3O4S. The largest absolute Gasteiger partial charge is 0.352 e. The molecule has 0 saturated heterocycles. The number of hydrogen-bond acceptors (Lipinski definition) is 4. The SMILES string of the molecule is CC(C(=O)NC1CCCCC1)N(Cc1ccc(Cl)cc1)C(=O)CN(c1ccc(C23CC4CC(CC(C4)C2)C3)cc1)S(C)(=O)=O. The third-order valence-electron chi connectivity index (χ3n) is 10.9. The Morgan fingerprint density at radius 2 is 1.48 bits per heavy atom. The van der Waals surface area contributed by atoms with Crippen LogP contribution in [0.25, 0.3) is 0 Å². The molecule has 5 aliphatic rings. The zero-order chi connectivity index (χ0) is 31.1. The van der Waals surface area contributed by atoms with Crippen molar-refractivity contribution < 1.29 is 18.0 Å². The molecule has 1 unspecified atom stereocenters. The number of carbonyl (C=O) groups excluding carboxylic acids is 2. The lowest BCUT2D eigenvalue weighted by molar-refractivity contribution is -0.139. The number of benzene rings is 2. The lowest BCUT2D eigenvalue weighted by Gasteiger charge is -2.57. The first-order valence-electron chi connectivity index (χ1n) is 16.4. The summed E-state index contributed by atoms with van der Waals surface area (Å²) >= 11 is 6.10. The monoisotopic (exact) mass is 639 g/mol. The minimum absolute atomic E-state index is 0.103. The topological polar surface area (TPSA) is 86.8 Å². The van der Waals surface area contributed by atoms with E-state index in [1.807, 2.05) is 24.3 Å². The van der Waals surface area contributed by atoms with Gasteiger partial charge in [0, 0.05) is 17.6 Å². The lowest BCUT2D eigenvalue weighted by atomic mass is 9.48. The third kappa shape index (κ3) is 6.81. The number of hydrogen-bond donors (Lipinski definition) is 1. The highest BCUT2D eigenvalue weighted by molar-refractivity contribution is 7.92. The fourth-order valence-corrected chi connectivity index (χ4v) is 9.97. The molecule has 5 saturated carbocycles. The van der Waals surface area contributed by atoms with Crippen molar-refractivity contribution in [1.82, 2.24) is 10.2 Å². The van der Waals surface area contributed by atoms with Crippen LogP contribution in [0.3, 0.4) is 0 Å². The zero-order valence-electron chi connectivity index (χ0n) is 26.0. The lowest BCUT2D eigenvalue weighted by Crippen LogP contribution is -2.53. The van der Waals surface area contributed by atoms with Gasteiger partial charge < -0.3 is 10.2 Å². The van der Waals surface area contributed by atoms with Crippen LogP contribution >= 0.6 is 11.6 Å². The van der Waals surface area contributed by atoms with Crippen LogP contribution in [0, 0.1) is 17.8 Å². The van der Waals surface area contributed by atoms with Crippen LogP contribution in [0.2, 0.25) is 5.02 Å². The summed E-state index contributed by atoms with van der Waals surface area (Å²) in [6.07, 6.45) is 14.1. The maximum absolute atomic E-state index is 14.0. The Morgan fingerprint density at radius 3 is 2.02 bits per heavy atom. The van der Waals surface area contributed by atoms with Crippen LogP contribution < -0.4 is 9.62 Å². The maximum atomic E-state index is 14.0. The molecule has 9 heteroatoms. The summed E-state index contributed by atoms with van der Waals surface area (Å²) in [4.78, 5) is 28.9. The van der Waals surface area contributed by atoms with E-state index < -0.39 is 22.0 Å². The van der Waals surface area contributed by atoms with E-state index >= 15 is 0 Å². The summed E-state index contributed by atoms with van der Waals surface area (Å²) < 4.78 is 27.4. The molecule has 5 fully saturated rings. The number of nitrogens with zero attached hydrogens (tertiary/aromatic N) is 2. The van der Waals surface area contributed by atoms with Crippen molar-refractivity contribution in [3.8, 4) is 0 Å². The average molecular weight is 640 g/mol. The molecule has 7 rings (SSSR count). The first-order valence-corrected chi connectivity index (χ1v) is 18.6. The first-order chi connectivity index (χ1) is 21.0. The molecule has 0 aromatic heterocycles. The van der Waals surface area contributed by atoms with Gasteiger partial charge in [0.15, 0.2) is 0 Å². The van der Waals surface area contributed by atoms with E-state index in [0.717, 1.165) is 55.3 Å². The molecular weight excluding hydrogens is 594 g/mol. The number of nitrogens with one attached hydrogen (secondary N) is 1. The van der Waals surface area contributed by atoms with Crippen molar-refractivity contribution >= 4 is 39.1 Å². The predicted octanol–water partition coefficient (Wildman–Crippen LogP) is 6.44. The minimum atomic E-state index is -3.78. The predicted molar refractivity (Wildman–Crippen MR) is 175 cm³/mol. The minimum Gasteiger partial charge on any atom is -0.352 e. The number of carbonyl (C=O) groups is 2. The Kier molecular flexibility index (Phi) is 9.04.